The number of rotatable bonds is 5. The Morgan fingerprint density at radius 3 is 2.75 bits per heavy atom. The lowest BCUT2D eigenvalue weighted by atomic mass is 9.99. The number of hydrogen-bond acceptors (Lipinski definition) is 2. The fourth-order valence-electron chi connectivity index (χ4n) is 2.04. The molecule has 0 aliphatic heterocycles. The van der Waals surface area contributed by atoms with E-state index < -0.39 is 0 Å². The zero-order chi connectivity index (χ0) is 14.5. The second-order valence-corrected chi connectivity index (χ2v) is 5.42. The fourth-order valence-corrected chi connectivity index (χ4v) is 2.47. The molecule has 2 aromatic rings. The van der Waals surface area contributed by atoms with Crippen LogP contribution in [0.15, 0.2) is 46.9 Å². The molecule has 0 fully saturated rings. The maximum absolute atomic E-state index is 13.2. The normalized spacial score (nSPS) is 12.2. The molecule has 20 heavy (non-hydrogen) atoms. The molecule has 1 atom stereocenters. The Bertz CT molecular complexity index is 588. The molecule has 0 spiro atoms. The van der Waals surface area contributed by atoms with Gasteiger partial charge in [0.2, 0.25) is 0 Å². The smallest absolute Gasteiger partial charge is 0.137 e. The Morgan fingerprint density at radius 2 is 2.05 bits per heavy atom. The van der Waals surface area contributed by atoms with Gasteiger partial charge in [-0.05, 0) is 64.7 Å². The Balaban J connectivity index is 2.12. The highest BCUT2D eigenvalue weighted by molar-refractivity contribution is 9.10. The van der Waals surface area contributed by atoms with Gasteiger partial charge in [-0.15, -0.1) is 0 Å². The Labute approximate surface area is 126 Å². The molecule has 2 N–H and O–H groups in total. The quantitative estimate of drug-likeness (QED) is 0.886. The highest BCUT2D eigenvalue weighted by Crippen LogP contribution is 2.23. The van der Waals surface area contributed by atoms with Crippen molar-refractivity contribution in [2.75, 3.05) is 6.61 Å². The van der Waals surface area contributed by atoms with Gasteiger partial charge < -0.3 is 10.5 Å². The largest absolute Gasteiger partial charge is 0.494 e. The van der Waals surface area contributed by atoms with E-state index in [4.69, 9.17) is 10.5 Å². The molecule has 106 valence electrons. The van der Waals surface area contributed by atoms with Crippen LogP contribution in [0, 0.1) is 5.82 Å². The number of hydrogen-bond donors (Lipinski definition) is 1. The SMILES string of the molecule is CCOc1cccc(C(N)Cc2ccc(F)c(Br)c2)c1. The van der Waals surface area contributed by atoms with Crippen LogP contribution in [0.1, 0.15) is 24.1 Å². The summed E-state index contributed by atoms with van der Waals surface area (Å²) >= 11 is 3.19. The van der Waals surface area contributed by atoms with Crippen molar-refractivity contribution in [2.45, 2.75) is 19.4 Å². The average Bonchev–Trinajstić information content (AvgIpc) is 2.43. The van der Waals surface area contributed by atoms with Crippen LogP contribution in [0.5, 0.6) is 5.75 Å². The van der Waals surface area contributed by atoms with Crippen LogP contribution in [0.3, 0.4) is 0 Å². The van der Waals surface area contributed by atoms with Crippen LogP contribution in [0.2, 0.25) is 0 Å². The maximum atomic E-state index is 13.2. The first-order valence-corrected chi connectivity index (χ1v) is 7.31. The van der Waals surface area contributed by atoms with Gasteiger partial charge in [0.1, 0.15) is 11.6 Å². The Morgan fingerprint density at radius 1 is 1.25 bits per heavy atom. The van der Waals surface area contributed by atoms with E-state index in [1.807, 2.05) is 31.2 Å². The summed E-state index contributed by atoms with van der Waals surface area (Å²) < 4.78 is 19.1. The Kier molecular flexibility index (Phi) is 5.15. The average molecular weight is 338 g/mol. The third kappa shape index (κ3) is 3.81. The number of halogens is 2. The molecule has 4 heteroatoms. The number of nitrogens with two attached hydrogens (primary N) is 1. The molecule has 1 unspecified atom stereocenters. The summed E-state index contributed by atoms with van der Waals surface area (Å²) in [6.07, 6.45) is 0.647. The van der Waals surface area contributed by atoms with Gasteiger partial charge in [0, 0.05) is 6.04 Å². The molecule has 0 saturated heterocycles. The number of benzene rings is 2. The summed E-state index contributed by atoms with van der Waals surface area (Å²) in [5.74, 6) is 0.557. The van der Waals surface area contributed by atoms with E-state index in [0.29, 0.717) is 17.5 Å². The van der Waals surface area contributed by atoms with Crippen molar-refractivity contribution in [3.63, 3.8) is 0 Å². The van der Waals surface area contributed by atoms with E-state index in [0.717, 1.165) is 16.9 Å². The lowest BCUT2D eigenvalue weighted by Crippen LogP contribution is -2.13. The second kappa shape index (κ2) is 6.86. The molecule has 0 aliphatic rings. The molecule has 2 nitrogen and oxygen atoms in total. The van der Waals surface area contributed by atoms with Gasteiger partial charge in [-0.3, -0.25) is 0 Å². The van der Waals surface area contributed by atoms with Gasteiger partial charge in [0.25, 0.3) is 0 Å². The summed E-state index contributed by atoms with van der Waals surface area (Å²) in [4.78, 5) is 0. The summed E-state index contributed by atoms with van der Waals surface area (Å²) in [5.41, 5.74) is 8.22. The minimum atomic E-state index is -0.263. The Hall–Kier alpha value is -1.39. The first-order chi connectivity index (χ1) is 9.60. The molecule has 0 heterocycles. The molecule has 0 amide bonds. The van der Waals surface area contributed by atoms with Crippen LogP contribution >= 0.6 is 15.9 Å². The standard InChI is InChI=1S/C16H17BrFNO/c1-2-20-13-5-3-4-12(10-13)16(19)9-11-6-7-15(18)14(17)8-11/h3-8,10,16H,2,9,19H2,1H3. The highest BCUT2D eigenvalue weighted by Gasteiger charge is 2.09. The van der Waals surface area contributed by atoms with Gasteiger partial charge in [0.05, 0.1) is 11.1 Å². The van der Waals surface area contributed by atoms with Crippen LogP contribution in [0.4, 0.5) is 4.39 Å². The first kappa shape index (κ1) is 15.0. The number of ether oxygens (including phenoxy) is 1. The summed E-state index contributed by atoms with van der Waals surface area (Å²) in [5, 5.41) is 0. The third-order valence-corrected chi connectivity index (χ3v) is 3.64. The fraction of sp³-hybridized carbons (Fsp3) is 0.250. The zero-order valence-electron chi connectivity index (χ0n) is 11.3. The predicted octanol–water partition coefficient (Wildman–Crippen LogP) is 4.23. The summed E-state index contributed by atoms with van der Waals surface area (Å²) in [7, 11) is 0. The molecule has 0 aliphatic carbocycles. The predicted molar refractivity (Wildman–Crippen MR) is 82.3 cm³/mol. The van der Waals surface area contributed by atoms with Gasteiger partial charge in [-0.25, -0.2) is 4.39 Å². The van der Waals surface area contributed by atoms with Crippen molar-refractivity contribution in [1.29, 1.82) is 0 Å². The van der Waals surface area contributed by atoms with Gasteiger partial charge >= 0.3 is 0 Å². The van der Waals surface area contributed by atoms with Crippen molar-refractivity contribution in [1.82, 2.24) is 0 Å². The summed E-state index contributed by atoms with van der Waals surface area (Å²) in [6.45, 7) is 2.58. The first-order valence-electron chi connectivity index (χ1n) is 6.52. The van der Waals surface area contributed by atoms with Crippen molar-refractivity contribution in [3.05, 3.63) is 63.9 Å². The molecular formula is C16H17BrFNO. The van der Waals surface area contributed by atoms with E-state index in [-0.39, 0.29) is 11.9 Å². The van der Waals surface area contributed by atoms with Gasteiger partial charge in [-0.2, -0.15) is 0 Å². The molecule has 0 aromatic heterocycles. The molecule has 2 aromatic carbocycles. The monoisotopic (exact) mass is 337 g/mol. The van der Waals surface area contributed by atoms with Crippen molar-refractivity contribution in [3.8, 4) is 5.75 Å². The topological polar surface area (TPSA) is 35.2 Å². The van der Waals surface area contributed by atoms with Crippen molar-refractivity contribution < 1.29 is 9.13 Å². The maximum Gasteiger partial charge on any atom is 0.137 e. The second-order valence-electron chi connectivity index (χ2n) is 4.56. The van der Waals surface area contributed by atoms with Crippen molar-refractivity contribution >= 4 is 15.9 Å². The lowest BCUT2D eigenvalue weighted by molar-refractivity contribution is 0.339. The van der Waals surface area contributed by atoms with E-state index in [9.17, 15) is 4.39 Å². The molecular weight excluding hydrogens is 321 g/mol. The van der Waals surface area contributed by atoms with E-state index in [1.54, 1.807) is 12.1 Å². The molecule has 0 radical (unpaired) electrons. The van der Waals surface area contributed by atoms with Crippen LogP contribution in [-0.2, 0) is 6.42 Å². The van der Waals surface area contributed by atoms with Gasteiger partial charge in [-0.1, -0.05) is 18.2 Å². The molecule has 0 saturated carbocycles. The van der Waals surface area contributed by atoms with Crippen LogP contribution < -0.4 is 10.5 Å². The highest BCUT2D eigenvalue weighted by atomic mass is 79.9. The van der Waals surface area contributed by atoms with E-state index in [1.165, 1.54) is 6.07 Å². The van der Waals surface area contributed by atoms with E-state index in [2.05, 4.69) is 15.9 Å². The minimum absolute atomic E-state index is 0.146. The van der Waals surface area contributed by atoms with Crippen LogP contribution in [-0.4, -0.2) is 6.61 Å². The zero-order valence-corrected chi connectivity index (χ0v) is 12.9. The van der Waals surface area contributed by atoms with Crippen LogP contribution in [0.25, 0.3) is 0 Å². The van der Waals surface area contributed by atoms with Gasteiger partial charge in [0.15, 0.2) is 0 Å². The minimum Gasteiger partial charge on any atom is -0.494 e. The molecule has 2 rings (SSSR count). The van der Waals surface area contributed by atoms with Crippen molar-refractivity contribution in [2.24, 2.45) is 5.73 Å². The summed E-state index contributed by atoms with van der Waals surface area (Å²) in [6, 6.07) is 12.6. The molecule has 0 bridgehead atoms. The lowest BCUT2D eigenvalue weighted by Gasteiger charge is -2.14. The third-order valence-electron chi connectivity index (χ3n) is 3.04. The van der Waals surface area contributed by atoms with E-state index >= 15 is 0 Å².